The van der Waals surface area contributed by atoms with Crippen LogP contribution in [0.1, 0.15) is 105 Å². The van der Waals surface area contributed by atoms with E-state index in [0.29, 0.717) is 0 Å². The number of rotatable bonds is 8. The van der Waals surface area contributed by atoms with Gasteiger partial charge in [-0.05, 0) is 153 Å². The van der Waals surface area contributed by atoms with E-state index in [-0.39, 0.29) is 21.7 Å². The number of fused-ring (bicyclic) bond motifs is 3. The van der Waals surface area contributed by atoms with Gasteiger partial charge in [-0.1, -0.05) is 265 Å². The van der Waals surface area contributed by atoms with Crippen molar-refractivity contribution in [2.45, 2.75) is 105 Å². The van der Waals surface area contributed by atoms with Gasteiger partial charge in [0.15, 0.2) is 0 Å². The Morgan fingerprint density at radius 3 is 1.37 bits per heavy atom. The zero-order valence-corrected chi connectivity index (χ0v) is 49.8. The van der Waals surface area contributed by atoms with Gasteiger partial charge in [0.2, 0.25) is 0 Å². The molecule has 0 saturated heterocycles. The first-order chi connectivity index (χ1) is 39.2. The Hall–Kier alpha value is -8.72. The second-order valence-corrected chi connectivity index (χ2v) is 27.1. The topological polar surface area (TPSA) is 8.17 Å². The van der Waals surface area contributed by atoms with Crippen LogP contribution in [0.2, 0.25) is 0 Å². The number of hydrogen-bond acceptors (Lipinski definition) is 1. The van der Waals surface area contributed by atoms with Crippen LogP contribution in [0, 0.1) is 0 Å². The first-order valence-electron chi connectivity index (χ1n) is 29.4. The number of hydrogen-bond donors (Lipinski definition) is 0. The fourth-order valence-electron chi connectivity index (χ4n) is 12.5. The van der Waals surface area contributed by atoms with E-state index in [2.05, 4.69) is 323 Å². The molecule has 2 nitrogen and oxygen atoms in total. The fourth-order valence-corrected chi connectivity index (χ4v) is 12.5. The summed E-state index contributed by atoms with van der Waals surface area (Å²) in [5.41, 5.74) is 21.7. The molecule has 0 atom stereocenters. The quantitative estimate of drug-likeness (QED) is 0.138. The van der Waals surface area contributed by atoms with Crippen LogP contribution in [-0.4, -0.2) is 4.57 Å². The minimum atomic E-state index is -0.128. The van der Waals surface area contributed by atoms with Crippen LogP contribution in [0.5, 0.6) is 0 Å². The van der Waals surface area contributed by atoms with E-state index in [1.165, 1.54) is 121 Å². The Kier molecular flexibility index (Phi) is 12.5. The molecule has 2 heteroatoms. The summed E-state index contributed by atoms with van der Waals surface area (Å²) in [5, 5.41) is 9.97. The number of aromatic nitrogens is 1. The van der Waals surface area contributed by atoms with Crippen molar-refractivity contribution in [3.63, 3.8) is 0 Å². The van der Waals surface area contributed by atoms with Gasteiger partial charge in [-0.15, -0.1) is 0 Å². The molecule has 0 spiro atoms. The van der Waals surface area contributed by atoms with Crippen molar-refractivity contribution in [2.75, 3.05) is 4.90 Å². The van der Waals surface area contributed by atoms with Gasteiger partial charge in [0.25, 0.3) is 0 Å². The molecule has 0 unspecified atom stereocenters. The first-order valence-corrected chi connectivity index (χ1v) is 29.4. The number of nitrogens with zero attached hydrogens (tertiary/aromatic N) is 2. The van der Waals surface area contributed by atoms with Crippen LogP contribution in [0.15, 0.2) is 231 Å². The van der Waals surface area contributed by atoms with Crippen LogP contribution in [0.4, 0.5) is 17.1 Å². The van der Waals surface area contributed by atoms with Crippen LogP contribution in [0.3, 0.4) is 0 Å². The standard InChI is InChI=1S/C80H74N2/c1-77(2,3)60-37-40-65(59-43-57(51-21-14-13-15-22-51)44-61(47-59)78(4,5)6)74(50-60)81(64-24-20-23-56(48-64)52-29-31-53(32-30-52)58-45-62(79(7,8)9)49-63(46-58)80(10,11)12)72-41-35-54-34-39-69-73(42-36-55-33-38-68(72)75(54)76(55)69)82-70-27-18-16-25-66(70)67-26-17-19-28-71(67)82/h13-50H,1-12H3. The summed E-state index contributed by atoms with van der Waals surface area (Å²) in [4.78, 5) is 2.58. The zero-order valence-electron chi connectivity index (χ0n) is 49.8. The Morgan fingerprint density at radius 1 is 0.280 bits per heavy atom. The highest BCUT2D eigenvalue weighted by Crippen LogP contribution is 2.50. The van der Waals surface area contributed by atoms with Crippen molar-refractivity contribution in [1.29, 1.82) is 0 Å². The molecular weight excluding hydrogens is 989 g/mol. The van der Waals surface area contributed by atoms with E-state index in [0.717, 1.165) is 22.6 Å². The maximum atomic E-state index is 2.58. The second-order valence-electron chi connectivity index (χ2n) is 27.1. The molecule has 0 aliphatic rings. The predicted octanol–water partition coefficient (Wildman–Crippen LogP) is 23.0. The molecule has 0 aliphatic heterocycles. The highest BCUT2D eigenvalue weighted by Gasteiger charge is 2.28. The van der Waals surface area contributed by atoms with Gasteiger partial charge >= 0.3 is 0 Å². The average Bonchev–Trinajstić information content (AvgIpc) is 2.18. The first kappa shape index (κ1) is 52.6. The molecule has 12 aromatic carbocycles. The zero-order chi connectivity index (χ0) is 57.0. The van der Waals surface area contributed by atoms with Crippen molar-refractivity contribution in [3.05, 3.63) is 253 Å². The van der Waals surface area contributed by atoms with Gasteiger partial charge < -0.3 is 9.47 Å². The van der Waals surface area contributed by atoms with Crippen LogP contribution >= 0.6 is 0 Å². The highest BCUT2D eigenvalue weighted by atomic mass is 15.1. The minimum absolute atomic E-state index is 0.0270. The maximum absolute atomic E-state index is 2.58. The van der Waals surface area contributed by atoms with E-state index in [9.17, 15) is 0 Å². The Labute approximate surface area is 485 Å². The number of anilines is 3. The molecule has 0 amide bonds. The summed E-state index contributed by atoms with van der Waals surface area (Å²) in [5.74, 6) is 0. The van der Waals surface area contributed by atoms with E-state index < -0.39 is 0 Å². The molecular formula is C80H74N2. The van der Waals surface area contributed by atoms with Gasteiger partial charge in [0, 0.05) is 32.8 Å². The largest absolute Gasteiger partial charge is 0.309 e. The van der Waals surface area contributed by atoms with Crippen molar-refractivity contribution in [2.24, 2.45) is 0 Å². The summed E-state index contributed by atoms with van der Waals surface area (Å²) >= 11 is 0. The van der Waals surface area contributed by atoms with Gasteiger partial charge in [-0.25, -0.2) is 0 Å². The Balaban J connectivity index is 1.06. The second kappa shape index (κ2) is 19.5. The molecule has 13 rings (SSSR count). The normalized spacial score (nSPS) is 12.6. The lowest BCUT2D eigenvalue weighted by atomic mass is 9.79. The van der Waals surface area contributed by atoms with Crippen molar-refractivity contribution >= 4 is 71.2 Å². The summed E-state index contributed by atoms with van der Waals surface area (Å²) in [6, 6.07) is 87.7. The fraction of sp³-hybridized carbons (Fsp3) is 0.200. The molecule has 0 bridgehead atoms. The lowest BCUT2D eigenvalue weighted by Crippen LogP contribution is -2.16. The maximum Gasteiger partial charge on any atom is 0.0543 e. The highest BCUT2D eigenvalue weighted by molar-refractivity contribution is 6.27. The van der Waals surface area contributed by atoms with E-state index in [1.54, 1.807) is 0 Å². The predicted molar refractivity (Wildman–Crippen MR) is 356 cm³/mol. The van der Waals surface area contributed by atoms with Gasteiger partial charge in [-0.3, -0.25) is 0 Å². The SMILES string of the molecule is CC(C)(C)c1cc(-c2ccccc2)cc(-c2ccc(C(C)(C)C)cc2N(c2cccc(-c3ccc(-c4cc(C(C)(C)C)cc(C(C)(C)C)c4)cc3)c2)c2ccc3ccc4c(-n5c6ccccc6c6ccccc65)ccc5ccc2c3c54)c1. The molecule has 0 radical (unpaired) electrons. The molecule has 404 valence electrons. The van der Waals surface area contributed by atoms with Gasteiger partial charge in [-0.2, -0.15) is 0 Å². The van der Waals surface area contributed by atoms with Crippen molar-refractivity contribution in [1.82, 2.24) is 4.57 Å². The van der Waals surface area contributed by atoms with Crippen molar-refractivity contribution in [3.8, 4) is 50.2 Å². The summed E-state index contributed by atoms with van der Waals surface area (Å²) in [7, 11) is 0. The summed E-state index contributed by atoms with van der Waals surface area (Å²) < 4.78 is 2.48. The lowest BCUT2D eigenvalue weighted by Gasteiger charge is -2.32. The van der Waals surface area contributed by atoms with Gasteiger partial charge in [0.05, 0.1) is 28.1 Å². The lowest BCUT2D eigenvalue weighted by molar-refractivity contribution is 0.569. The van der Waals surface area contributed by atoms with Crippen molar-refractivity contribution < 1.29 is 0 Å². The average molecular weight is 1060 g/mol. The van der Waals surface area contributed by atoms with Crippen LogP contribution in [-0.2, 0) is 21.7 Å². The molecule has 0 saturated carbocycles. The van der Waals surface area contributed by atoms with E-state index in [1.807, 2.05) is 0 Å². The van der Waals surface area contributed by atoms with E-state index in [4.69, 9.17) is 0 Å². The summed E-state index contributed by atoms with van der Waals surface area (Å²) in [6.45, 7) is 27.9. The molecule has 1 heterocycles. The third kappa shape index (κ3) is 9.33. The third-order valence-corrected chi connectivity index (χ3v) is 17.3. The molecule has 13 aromatic rings. The van der Waals surface area contributed by atoms with E-state index >= 15 is 0 Å². The summed E-state index contributed by atoms with van der Waals surface area (Å²) in [6.07, 6.45) is 0. The van der Waals surface area contributed by atoms with Crippen LogP contribution in [0.25, 0.3) is 104 Å². The molecule has 1 aromatic heterocycles. The monoisotopic (exact) mass is 1060 g/mol. The smallest absolute Gasteiger partial charge is 0.0543 e. The Morgan fingerprint density at radius 2 is 0.756 bits per heavy atom. The van der Waals surface area contributed by atoms with Gasteiger partial charge in [0.1, 0.15) is 0 Å². The van der Waals surface area contributed by atoms with Crippen LogP contribution < -0.4 is 4.90 Å². The third-order valence-electron chi connectivity index (χ3n) is 17.3. The molecule has 0 fully saturated rings. The molecule has 0 N–H and O–H groups in total. The number of benzene rings is 12. The Bertz CT molecular complexity index is 4490. The molecule has 0 aliphatic carbocycles. The minimum Gasteiger partial charge on any atom is -0.309 e. The number of para-hydroxylation sites is 2. The molecule has 82 heavy (non-hydrogen) atoms.